The van der Waals surface area contributed by atoms with Crippen molar-refractivity contribution in [1.29, 1.82) is 0 Å². The van der Waals surface area contributed by atoms with Crippen molar-refractivity contribution in [2.75, 3.05) is 0 Å². The molecule has 0 saturated carbocycles. The van der Waals surface area contributed by atoms with Gasteiger partial charge in [-0.25, -0.2) is 0 Å². The van der Waals surface area contributed by atoms with E-state index < -0.39 is 0 Å². The molecule has 2 heterocycles. The topological polar surface area (TPSA) is 35.6 Å². The van der Waals surface area contributed by atoms with Gasteiger partial charge in [-0.3, -0.25) is 9.36 Å². The maximum absolute atomic E-state index is 4.15. The summed E-state index contributed by atoms with van der Waals surface area (Å²) in [5.74, 6) is 0. The maximum Gasteiger partial charge on any atom is 0.0621 e. The van der Waals surface area contributed by atoms with Crippen LogP contribution in [-0.4, -0.2) is 19.6 Å². The molecule has 16 heavy (non-hydrogen) atoms. The van der Waals surface area contributed by atoms with Crippen molar-refractivity contribution in [1.82, 2.24) is 19.6 Å². The van der Waals surface area contributed by atoms with Crippen LogP contribution in [0.3, 0.4) is 0 Å². The van der Waals surface area contributed by atoms with Crippen LogP contribution >= 0.6 is 0 Å². The Morgan fingerprint density at radius 1 is 1.12 bits per heavy atom. The summed E-state index contributed by atoms with van der Waals surface area (Å²) in [5, 5.41) is 8.15. The first-order valence-corrected chi connectivity index (χ1v) is 5.61. The van der Waals surface area contributed by atoms with Crippen LogP contribution in [0, 0.1) is 0 Å². The number of nitrogens with zero attached hydrogens (tertiary/aromatic N) is 4. The highest BCUT2D eigenvalue weighted by molar-refractivity contribution is 5.02. The van der Waals surface area contributed by atoms with E-state index in [2.05, 4.69) is 24.0 Å². The lowest BCUT2D eigenvalue weighted by atomic mass is 10.3. The number of rotatable bonds is 2. The minimum atomic E-state index is 1.03. The second kappa shape index (κ2) is 6.10. The molecule has 0 atom stereocenters. The Balaban J connectivity index is 0.000000160. The molecular weight excluding hydrogens is 200 g/mol. The van der Waals surface area contributed by atoms with E-state index in [-0.39, 0.29) is 0 Å². The molecular formula is C12H20N4. The molecule has 88 valence electrons. The largest absolute Gasteiger partial charge is 0.276 e. The zero-order valence-corrected chi connectivity index (χ0v) is 10.5. The second-order valence-corrected chi connectivity index (χ2v) is 3.71. The van der Waals surface area contributed by atoms with Crippen LogP contribution in [0.5, 0.6) is 0 Å². The van der Waals surface area contributed by atoms with Gasteiger partial charge in [0.1, 0.15) is 0 Å². The van der Waals surface area contributed by atoms with Gasteiger partial charge in [0.05, 0.1) is 11.9 Å². The zero-order chi connectivity index (χ0) is 12.0. The normalized spacial score (nSPS) is 9.75. The molecule has 0 N–H and O–H groups in total. The van der Waals surface area contributed by atoms with E-state index in [4.69, 9.17) is 0 Å². The van der Waals surface area contributed by atoms with Gasteiger partial charge in [-0.1, -0.05) is 13.8 Å². The van der Waals surface area contributed by atoms with Crippen molar-refractivity contribution in [3.05, 3.63) is 35.9 Å². The fourth-order valence-corrected chi connectivity index (χ4v) is 1.31. The van der Waals surface area contributed by atoms with Gasteiger partial charge in [-0.2, -0.15) is 10.2 Å². The van der Waals surface area contributed by atoms with Gasteiger partial charge in [0, 0.05) is 26.5 Å². The highest BCUT2D eigenvalue weighted by Crippen LogP contribution is 1.94. The van der Waals surface area contributed by atoms with Gasteiger partial charge in [0.15, 0.2) is 0 Å². The van der Waals surface area contributed by atoms with Crippen molar-refractivity contribution < 1.29 is 0 Å². The average molecular weight is 220 g/mol. The Hall–Kier alpha value is -1.58. The van der Waals surface area contributed by atoms with Crippen molar-refractivity contribution in [2.45, 2.75) is 26.7 Å². The Morgan fingerprint density at radius 3 is 2.12 bits per heavy atom. The summed E-state index contributed by atoms with van der Waals surface area (Å²) in [6.07, 6.45) is 7.98. The van der Waals surface area contributed by atoms with Crippen LogP contribution in [0.1, 0.15) is 25.1 Å². The summed E-state index contributed by atoms with van der Waals surface area (Å²) in [5.41, 5.74) is 2.46. The molecule has 0 aliphatic carbocycles. The lowest BCUT2D eigenvalue weighted by molar-refractivity contribution is 0.746. The van der Waals surface area contributed by atoms with Gasteiger partial charge in [-0.05, 0) is 24.5 Å². The van der Waals surface area contributed by atoms with Gasteiger partial charge < -0.3 is 0 Å². The third-order valence-electron chi connectivity index (χ3n) is 2.30. The van der Waals surface area contributed by atoms with Gasteiger partial charge in [-0.15, -0.1) is 0 Å². The number of hydrogen-bond donors (Lipinski definition) is 0. The lowest BCUT2D eigenvalue weighted by Gasteiger charge is -1.83. The van der Waals surface area contributed by atoms with Crippen molar-refractivity contribution in [2.24, 2.45) is 14.1 Å². The summed E-state index contributed by atoms with van der Waals surface area (Å²) in [6.45, 7) is 4.22. The smallest absolute Gasteiger partial charge is 0.0621 e. The minimum absolute atomic E-state index is 1.03. The molecule has 0 spiro atoms. The molecule has 2 rings (SSSR count). The molecule has 4 nitrogen and oxygen atoms in total. The fourth-order valence-electron chi connectivity index (χ4n) is 1.31. The number of aromatic nitrogens is 4. The highest BCUT2D eigenvalue weighted by Gasteiger charge is 1.88. The van der Waals surface area contributed by atoms with Gasteiger partial charge >= 0.3 is 0 Å². The van der Waals surface area contributed by atoms with Crippen LogP contribution in [0.15, 0.2) is 24.7 Å². The molecule has 0 amide bonds. The average Bonchev–Trinajstić information content (AvgIpc) is 2.88. The molecule has 0 unspecified atom stereocenters. The molecule has 0 saturated heterocycles. The van der Waals surface area contributed by atoms with Gasteiger partial charge in [0.2, 0.25) is 0 Å². The molecule has 4 heteroatoms. The molecule has 0 radical (unpaired) electrons. The van der Waals surface area contributed by atoms with E-state index in [1.165, 1.54) is 5.56 Å². The first kappa shape index (κ1) is 12.5. The van der Waals surface area contributed by atoms with E-state index in [1.807, 2.05) is 48.1 Å². The SMILES string of the molecule is CCc1ccn(C)n1.CCc1cnn(C)c1. The van der Waals surface area contributed by atoms with E-state index >= 15 is 0 Å². The molecule has 0 aliphatic rings. The monoisotopic (exact) mass is 220 g/mol. The van der Waals surface area contributed by atoms with Crippen molar-refractivity contribution >= 4 is 0 Å². The Labute approximate surface area is 96.9 Å². The third kappa shape index (κ3) is 3.88. The van der Waals surface area contributed by atoms with E-state index in [1.54, 1.807) is 0 Å². The minimum Gasteiger partial charge on any atom is -0.276 e. The number of aryl methyl sites for hydroxylation is 4. The third-order valence-corrected chi connectivity index (χ3v) is 2.30. The molecule has 0 bridgehead atoms. The second-order valence-electron chi connectivity index (χ2n) is 3.71. The van der Waals surface area contributed by atoms with Crippen LogP contribution in [0.4, 0.5) is 0 Å². The van der Waals surface area contributed by atoms with Crippen molar-refractivity contribution in [3.63, 3.8) is 0 Å². The molecule has 2 aromatic rings. The van der Waals surface area contributed by atoms with Gasteiger partial charge in [0.25, 0.3) is 0 Å². The van der Waals surface area contributed by atoms with Crippen LogP contribution in [0.25, 0.3) is 0 Å². The predicted molar refractivity (Wildman–Crippen MR) is 65.2 cm³/mol. The summed E-state index contributed by atoms with van der Waals surface area (Å²) in [4.78, 5) is 0. The Kier molecular flexibility index (Phi) is 4.76. The van der Waals surface area contributed by atoms with Crippen LogP contribution in [-0.2, 0) is 26.9 Å². The standard InChI is InChI=1S/2C6H10N2/c1-3-6-4-7-8(2)5-6;1-3-6-4-5-8(2)7-6/h2*4-5H,3H2,1-2H3. The quantitative estimate of drug-likeness (QED) is 0.775. The first-order chi connectivity index (χ1) is 7.65. The summed E-state index contributed by atoms with van der Waals surface area (Å²) >= 11 is 0. The van der Waals surface area contributed by atoms with Crippen LogP contribution in [0.2, 0.25) is 0 Å². The summed E-state index contributed by atoms with van der Waals surface area (Å²) in [7, 11) is 3.86. The Morgan fingerprint density at radius 2 is 1.88 bits per heavy atom. The predicted octanol–water partition coefficient (Wildman–Crippen LogP) is 1.96. The zero-order valence-electron chi connectivity index (χ0n) is 10.5. The molecule has 0 aromatic carbocycles. The fraction of sp³-hybridized carbons (Fsp3) is 0.500. The molecule has 2 aromatic heterocycles. The maximum atomic E-state index is 4.15. The highest BCUT2D eigenvalue weighted by atomic mass is 15.2. The Bertz CT molecular complexity index is 374. The number of hydrogen-bond acceptors (Lipinski definition) is 2. The van der Waals surface area contributed by atoms with E-state index in [0.29, 0.717) is 0 Å². The van der Waals surface area contributed by atoms with E-state index in [0.717, 1.165) is 18.5 Å². The first-order valence-electron chi connectivity index (χ1n) is 5.61. The van der Waals surface area contributed by atoms with Crippen LogP contribution < -0.4 is 0 Å². The lowest BCUT2D eigenvalue weighted by Crippen LogP contribution is -1.88. The van der Waals surface area contributed by atoms with E-state index in [9.17, 15) is 0 Å². The summed E-state index contributed by atoms with van der Waals surface area (Å²) in [6, 6.07) is 2.03. The van der Waals surface area contributed by atoms with Crippen molar-refractivity contribution in [3.8, 4) is 0 Å². The molecule has 0 fully saturated rings. The summed E-state index contributed by atoms with van der Waals surface area (Å²) < 4.78 is 3.64. The molecule has 0 aliphatic heterocycles.